The van der Waals surface area contributed by atoms with Crippen molar-refractivity contribution in [3.63, 3.8) is 0 Å². The molecule has 0 radical (unpaired) electrons. The molecule has 1 amide bonds. The van der Waals surface area contributed by atoms with Crippen molar-refractivity contribution in [3.8, 4) is 0 Å². The van der Waals surface area contributed by atoms with Gasteiger partial charge in [-0.05, 0) is 37.5 Å². The van der Waals surface area contributed by atoms with Crippen LogP contribution >= 0.6 is 11.3 Å². The van der Waals surface area contributed by atoms with Crippen LogP contribution in [0.4, 0.5) is 0 Å². The van der Waals surface area contributed by atoms with E-state index in [4.69, 9.17) is 0 Å². The van der Waals surface area contributed by atoms with Crippen molar-refractivity contribution in [1.29, 1.82) is 0 Å². The van der Waals surface area contributed by atoms with Crippen LogP contribution in [0, 0.1) is 17.8 Å². The minimum Gasteiger partial charge on any atom is -0.355 e. The highest BCUT2D eigenvalue weighted by Crippen LogP contribution is 2.48. The molecule has 1 N–H and O–H groups in total. The van der Waals surface area contributed by atoms with Crippen LogP contribution in [0.3, 0.4) is 0 Å². The van der Waals surface area contributed by atoms with E-state index >= 15 is 0 Å². The molecule has 0 spiro atoms. The summed E-state index contributed by atoms with van der Waals surface area (Å²) in [4.78, 5) is 16.7. The van der Waals surface area contributed by atoms with Gasteiger partial charge in [0.05, 0.1) is 10.7 Å². The number of rotatable bonds is 5. The van der Waals surface area contributed by atoms with Crippen molar-refractivity contribution in [2.75, 3.05) is 6.54 Å². The van der Waals surface area contributed by atoms with Gasteiger partial charge < -0.3 is 5.32 Å². The Kier molecular flexibility index (Phi) is 3.87. The maximum absolute atomic E-state index is 12.2. The summed E-state index contributed by atoms with van der Waals surface area (Å²) in [5.74, 6) is 2.11. The maximum Gasteiger partial charge on any atom is 0.223 e. The smallest absolute Gasteiger partial charge is 0.223 e. The third-order valence-electron chi connectivity index (χ3n) is 4.66. The average Bonchev–Trinajstić information content (AvgIpc) is 3.14. The van der Waals surface area contributed by atoms with Gasteiger partial charge in [-0.1, -0.05) is 13.3 Å². The number of aromatic nitrogens is 1. The monoisotopic (exact) mass is 278 g/mol. The third kappa shape index (κ3) is 2.83. The first-order valence-corrected chi connectivity index (χ1v) is 8.35. The number of hydrogen-bond acceptors (Lipinski definition) is 3. The van der Waals surface area contributed by atoms with Crippen LogP contribution in [-0.2, 0) is 17.6 Å². The third-order valence-corrected chi connectivity index (χ3v) is 5.70. The normalized spacial score (nSPS) is 28.8. The van der Waals surface area contributed by atoms with Gasteiger partial charge in [-0.25, -0.2) is 4.98 Å². The summed E-state index contributed by atoms with van der Waals surface area (Å²) in [5, 5.41) is 6.41. The Bertz CT molecular complexity index is 457. The van der Waals surface area contributed by atoms with E-state index in [1.165, 1.54) is 24.3 Å². The maximum atomic E-state index is 12.2. The average molecular weight is 278 g/mol. The molecule has 2 bridgehead atoms. The number of aryl methyl sites for hydroxylation is 1. The molecule has 19 heavy (non-hydrogen) atoms. The quantitative estimate of drug-likeness (QED) is 0.900. The molecule has 0 unspecified atom stereocenters. The second-order valence-corrected chi connectivity index (χ2v) is 6.85. The number of fused-ring (bicyclic) bond motifs is 2. The standard InChI is InChI=1S/C15H22N2OS/c1-2-14-17-12(9-19-14)5-6-16-15(18)13-8-10-3-4-11(13)7-10/h9-11,13H,2-8H2,1H3,(H,16,18)/t10-,11-,13+/m0/s1. The molecule has 4 heteroatoms. The van der Waals surface area contributed by atoms with E-state index in [-0.39, 0.29) is 5.91 Å². The Morgan fingerprint density at radius 1 is 1.47 bits per heavy atom. The van der Waals surface area contributed by atoms with E-state index < -0.39 is 0 Å². The molecule has 1 aromatic heterocycles. The van der Waals surface area contributed by atoms with Crippen LogP contribution in [0.1, 0.15) is 43.3 Å². The van der Waals surface area contributed by atoms with Crippen LogP contribution in [-0.4, -0.2) is 17.4 Å². The second-order valence-electron chi connectivity index (χ2n) is 5.91. The Morgan fingerprint density at radius 3 is 3.00 bits per heavy atom. The Morgan fingerprint density at radius 2 is 2.37 bits per heavy atom. The van der Waals surface area contributed by atoms with Gasteiger partial charge in [-0.2, -0.15) is 0 Å². The van der Waals surface area contributed by atoms with E-state index in [9.17, 15) is 4.79 Å². The van der Waals surface area contributed by atoms with E-state index in [0.717, 1.165) is 37.4 Å². The van der Waals surface area contributed by atoms with Crippen LogP contribution in [0.2, 0.25) is 0 Å². The van der Waals surface area contributed by atoms with Gasteiger partial charge in [0.15, 0.2) is 0 Å². The van der Waals surface area contributed by atoms with Crippen molar-refractivity contribution in [3.05, 3.63) is 16.1 Å². The van der Waals surface area contributed by atoms with Gasteiger partial charge in [-0.15, -0.1) is 11.3 Å². The number of amides is 1. The summed E-state index contributed by atoms with van der Waals surface area (Å²) < 4.78 is 0. The number of hydrogen-bond donors (Lipinski definition) is 1. The zero-order chi connectivity index (χ0) is 13.2. The van der Waals surface area contributed by atoms with Gasteiger partial charge in [0.25, 0.3) is 0 Å². The molecular weight excluding hydrogens is 256 g/mol. The lowest BCUT2D eigenvalue weighted by Gasteiger charge is -2.20. The first-order chi connectivity index (χ1) is 9.26. The molecule has 2 aliphatic carbocycles. The molecule has 0 saturated heterocycles. The fourth-order valence-electron chi connectivity index (χ4n) is 3.64. The van der Waals surface area contributed by atoms with E-state index in [1.54, 1.807) is 11.3 Å². The van der Waals surface area contributed by atoms with Crippen LogP contribution in [0.15, 0.2) is 5.38 Å². The number of carbonyl (C=O) groups excluding carboxylic acids is 1. The summed E-state index contributed by atoms with van der Waals surface area (Å²) in [7, 11) is 0. The Hall–Kier alpha value is -0.900. The summed E-state index contributed by atoms with van der Waals surface area (Å²) in [6.07, 6.45) is 6.92. The van der Waals surface area contributed by atoms with E-state index in [0.29, 0.717) is 11.8 Å². The largest absolute Gasteiger partial charge is 0.355 e. The van der Waals surface area contributed by atoms with Gasteiger partial charge in [0.2, 0.25) is 5.91 Å². The molecule has 3 nitrogen and oxygen atoms in total. The molecule has 2 saturated carbocycles. The van der Waals surface area contributed by atoms with Crippen molar-refractivity contribution < 1.29 is 4.79 Å². The lowest BCUT2D eigenvalue weighted by molar-refractivity contribution is -0.126. The number of carbonyl (C=O) groups is 1. The number of nitrogens with one attached hydrogen (secondary N) is 1. The highest BCUT2D eigenvalue weighted by Gasteiger charge is 2.42. The lowest BCUT2D eigenvalue weighted by Crippen LogP contribution is -2.34. The fourth-order valence-corrected chi connectivity index (χ4v) is 4.42. The summed E-state index contributed by atoms with van der Waals surface area (Å²) in [6.45, 7) is 2.86. The zero-order valence-electron chi connectivity index (χ0n) is 11.5. The summed E-state index contributed by atoms with van der Waals surface area (Å²) in [6, 6.07) is 0. The van der Waals surface area contributed by atoms with Gasteiger partial charge in [-0.3, -0.25) is 4.79 Å². The minimum absolute atomic E-state index is 0.290. The molecule has 1 aromatic rings. The van der Waals surface area contributed by atoms with Crippen molar-refractivity contribution in [2.45, 2.75) is 45.4 Å². The van der Waals surface area contributed by atoms with E-state index in [2.05, 4.69) is 22.6 Å². The first kappa shape index (κ1) is 13.1. The second kappa shape index (κ2) is 5.61. The molecule has 0 aromatic carbocycles. The van der Waals surface area contributed by atoms with Gasteiger partial charge in [0.1, 0.15) is 0 Å². The molecule has 0 aliphatic heterocycles. The number of nitrogens with zero attached hydrogens (tertiary/aromatic N) is 1. The highest BCUT2D eigenvalue weighted by atomic mass is 32.1. The predicted octanol–water partition coefficient (Wildman–Crippen LogP) is 2.80. The van der Waals surface area contributed by atoms with Crippen LogP contribution in [0.25, 0.3) is 0 Å². The molecule has 3 rings (SSSR count). The SMILES string of the molecule is CCc1nc(CCNC(=O)[C@@H]2C[C@H]3CC[C@H]2C3)cs1. The van der Waals surface area contributed by atoms with E-state index in [1.807, 2.05) is 0 Å². The highest BCUT2D eigenvalue weighted by molar-refractivity contribution is 7.09. The zero-order valence-corrected chi connectivity index (χ0v) is 12.3. The molecule has 1 heterocycles. The lowest BCUT2D eigenvalue weighted by atomic mass is 9.88. The van der Waals surface area contributed by atoms with Crippen LogP contribution in [0.5, 0.6) is 0 Å². The molecule has 2 aliphatic rings. The van der Waals surface area contributed by atoms with Gasteiger partial charge in [0, 0.05) is 24.3 Å². The van der Waals surface area contributed by atoms with Crippen molar-refractivity contribution >= 4 is 17.2 Å². The minimum atomic E-state index is 0.290. The molecule has 104 valence electrons. The molecular formula is C15H22N2OS. The van der Waals surface area contributed by atoms with Crippen molar-refractivity contribution in [2.24, 2.45) is 17.8 Å². The van der Waals surface area contributed by atoms with Crippen LogP contribution < -0.4 is 5.32 Å². The first-order valence-electron chi connectivity index (χ1n) is 7.47. The Labute approximate surface area is 118 Å². The van der Waals surface area contributed by atoms with Crippen molar-refractivity contribution in [1.82, 2.24) is 10.3 Å². The molecule has 3 atom stereocenters. The predicted molar refractivity (Wildman–Crippen MR) is 77.1 cm³/mol. The molecule has 2 fully saturated rings. The van der Waals surface area contributed by atoms with Gasteiger partial charge >= 0.3 is 0 Å². The topological polar surface area (TPSA) is 42.0 Å². The fraction of sp³-hybridized carbons (Fsp3) is 0.733. The summed E-state index contributed by atoms with van der Waals surface area (Å²) in [5.41, 5.74) is 1.12. The summed E-state index contributed by atoms with van der Waals surface area (Å²) >= 11 is 1.72. The number of thiazole rings is 1. The Balaban J connectivity index is 1.43.